The first-order valence-corrected chi connectivity index (χ1v) is 8.21. The van der Waals surface area contributed by atoms with E-state index in [1.165, 1.54) is 11.3 Å². The topological polar surface area (TPSA) is 46.2 Å². The van der Waals surface area contributed by atoms with Crippen LogP contribution in [0.4, 0.5) is 0 Å². The Morgan fingerprint density at radius 3 is 2.61 bits per heavy atom. The molecule has 0 saturated heterocycles. The van der Waals surface area contributed by atoms with Crippen LogP contribution in [0.3, 0.4) is 0 Å². The van der Waals surface area contributed by atoms with Gasteiger partial charge in [0.05, 0.1) is 5.75 Å². The summed E-state index contributed by atoms with van der Waals surface area (Å²) in [5.41, 5.74) is 0.609. The Kier molecular flexibility index (Phi) is 4.40. The number of halogens is 1. The van der Waals surface area contributed by atoms with Gasteiger partial charge in [-0.15, -0.1) is 11.3 Å². The van der Waals surface area contributed by atoms with E-state index in [4.69, 9.17) is 11.6 Å². The van der Waals surface area contributed by atoms with Gasteiger partial charge in [0.2, 0.25) is 10.0 Å². The molecule has 0 aliphatic carbocycles. The lowest BCUT2D eigenvalue weighted by atomic mass is 10.2. The summed E-state index contributed by atoms with van der Waals surface area (Å²) in [7, 11) is -3.36. The van der Waals surface area contributed by atoms with E-state index in [9.17, 15) is 8.42 Å². The third-order valence-corrected chi connectivity index (χ3v) is 4.87. The van der Waals surface area contributed by atoms with Crippen molar-refractivity contribution >= 4 is 33.0 Å². The minimum Gasteiger partial charge on any atom is -0.212 e. The van der Waals surface area contributed by atoms with Gasteiger partial charge in [0, 0.05) is 16.4 Å². The zero-order valence-electron chi connectivity index (χ0n) is 9.47. The van der Waals surface area contributed by atoms with Crippen molar-refractivity contribution in [2.45, 2.75) is 12.3 Å². The van der Waals surface area contributed by atoms with E-state index in [1.54, 1.807) is 24.3 Å². The van der Waals surface area contributed by atoms with Crippen molar-refractivity contribution in [3.63, 3.8) is 0 Å². The van der Waals surface area contributed by atoms with Gasteiger partial charge in [-0.1, -0.05) is 35.9 Å². The summed E-state index contributed by atoms with van der Waals surface area (Å²) in [6.07, 6.45) is 0. The maximum absolute atomic E-state index is 11.9. The third kappa shape index (κ3) is 3.81. The number of nitrogens with one attached hydrogen (secondary N) is 1. The predicted molar refractivity (Wildman–Crippen MR) is 75.2 cm³/mol. The maximum atomic E-state index is 11.9. The van der Waals surface area contributed by atoms with Crippen LogP contribution in [0.2, 0.25) is 5.02 Å². The molecule has 0 atom stereocenters. The molecule has 1 heterocycles. The molecule has 1 aromatic heterocycles. The molecule has 0 radical (unpaired) electrons. The van der Waals surface area contributed by atoms with E-state index in [2.05, 4.69) is 4.72 Å². The van der Waals surface area contributed by atoms with Gasteiger partial charge in [-0.2, -0.15) is 0 Å². The fourth-order valence-corrected chi connectivity index (χ4v) is 3.62. The quantitative estimate of drug-likeness (QED) is 0.923. The average Bonchev–Trinajstić information content (AvgIpc) is 2.83. The van der Waals surface area contributed by atoms with Crippen molar-refractivity contribution in [3.8, 4) is 0 Å². The molecule has 0 spiro atoms. The molecule has 96 valence electrons. The molecule has 0 bridgehead atoms. The van der Waals surface area contributed by atoms with Gasteiger partial charge in [0.25, 0.3) is 0 Å². The summed E-state index contributed by atoms with van der Waals surface area (Å²) in [5.74, 6) is -0.0992. The molecule has 0 amide bonds. The Morgan fingerprint density at radius 2 is 1.94 bits per heavy atom. The molecule has 2 rings (SSSR count). The second kappa shape index (κ2) is 5.84. The van der Waals surface area contributed by atoms with Crippen LogP contribution >= 0.6 is 22.9 Å². The van der Waals surface area contributed by atoms with E-state index in [0.29, 0.717) is 17.1 Å². The van der Waals surface area contributed by atoms with Crippen molar-refractivity contribution in [1.29, 1.82) is 0 Å². The highest BCUT2D eigenvalue weighted by Gasteiger charge is 2.13. The molecule has 1 aromatic carbocycles. The Labute approximate surface area is 115 Å². The van der Waals surface area contributed by atoms with Crippen molar-refractivity contribution in [3.05, 3.63) is 57.2 Å². The second-order valence-corrected chi connectivity index (χ2v) is 7.00. The second-order valence-electron chi connectivity index (χ2n) is 3.75. The molecule has 1 N–H and O–H groups in total. The van der Waals surface area contributed by atoms with Gasteiger partial charge in [0.1, 0.15) is 0 Å². The van der Waals surface area contributed by atoms with Gasteiger partial charge < -0.3 is 0 Å². The zero-order valence-corrected chi connectivity index (χ0v) is 11.9. The lowest BCUT2D eigenvalue weighted by Gasteiger charge is -2.07. The maximum Gasteiger partial charge on any atom is 0.216 e. The SMILES string of the molecule is O=S(=O)(Cc1ccccc1Cl)NCc1cccs1. The molecule has 0 aliphatic heterocycles. The Hall–Kier alpha value is -0.880. The van der Waals surface area contributed by atoms with Crippen molar-refractivity contribution in [2.75, 3.05) is 0 Å². The molecule has 18 heavy (non-hydrogen) atoms. The van der Waals surface area contributed by atoms with Crippen molar-refractivity contribution in [2.24, 2.45) is 0 Å². The van der Waals surface area contributed by atoms with E-state index >= 15 is 0 Å². The van der Waals surface area contributed by atoms with Crippen LogP contribution in [0.15, 0.2) is 41.8 Å². The zero-order chi connectivity index (χ0) is 13.0. The van der Waals surface area contributed by atoms with E-state index < -0.39 is 10.0 Å². The van der Waals surface area contributed by atoms with Crippen LogP contribution in [0.25, 0.3) is 0 Å². The van der Waals surface area contributed by atoms with Gasteiger partial charge >= 0.3 is 0 Å². The molecule has 0 fully saturated rings. The van der Waals surface area contributed by atoms with E-state index in [1.807, 2.05) is 17.5 Å². The number of hydrogen-bond donors (Lipinski definition) is 1. The van der Waals surface area contributed by atoms with E-state index in [0.717, 1.165) is 4.88 Å². The average molecular weight is 302 g/mol. The van der Waals surface area contributed by atoms with Gasteiger partial charge in [-0.05, 0) is 23.1 Å². The Balaban J connectivity index is 2.02. The molecule has 2 aromatic rings. The highest BCUT2D eigenvalue weighted by Crippen LogP contribution is 2.17. The third-order valence-electron chi connectivity index (χ3n) is 2.35. The summed E-state index contributed by atoms with van der Waals surface area (Å²) in [5, 5.41) is 2.39. The highest BCUT2D eigenvalue weighted by atomic mass is 35.5. The smallest absolute Gasteiger partial charge is 0.212 e. The molecular weight excluding hydrogens is 290 g/mol. The molecule has 0 saturated carbocycles. The first kappa shape index (κ1) is 13.5. The number of sulfonamides is 1. The standard InChI is InChI=1S/C12H12ClNO2S2/c13-12-6-2-1-4-10(12)9-18(15,16)14-8-11-5-3-7-17-11/h1-7,14H,8-9H2. The van der Waals surface area contributed by atoms with Crippen LogP contribution < -0.4 is 4.72 Å². The number of rotatable bonds is 5. The Bertz CT molecular complexity index is 609. The minimum atomic E-state index is -3.36. The lowest BCUT2D eigenvalue weighted by Crippen LogP contribution is -2.24. The van der Waals surface area contributed by atoms with Crippen molar-refractivity contribution < 1.29 is 8.42 Å². The summed E-state index contributed by atoms with van der Waals surface area (Å²) >= 11 is 7.46. The van der Waals surface area contributed by atoms with Crippen LogP contribution in [0.5, 0.6) is 0 Å². The van der Waals surface area contributed by atoms with Crippen LogP contribution in [0, 0.1) is 0 Å². The monoisotopic (exact) mass is 301 g/mol. The Morgan fingerprint density at radius 1 is 1.17 bits per heavy atom. The van der Waals surface area contributed by atoms with Gasteiger partial charge in [0.15, 0.2) is 0 Å². The van der Waals surface area contributed by atoms with Crippen LogP contribution in [0.1, 0.15) is 10.4 Å². The number of benzene rings is 1. The number of thiophene rings is 1. The summed E-state index contributed by atoms with van der Waals surface area (Å²) in [6, 6.07) is 10.7. The van der Waals surface area contributed by atoms with Crippen molar-refractivity contribution in [1.82, 2.24) is 4.72 Å². The highest BCUT2D eigenvalue weighted by molar-refractivity contribution is 7.88. The fraction of sp³-hybridized carbons (Fsp3) is 0.167. The summed E-state index contributed by atoms with van der Waals surface area (Å²) < 4.78 is 26.3. The first-order valence-electron chi connectivity index (χ1n) is 5.30. The molecular formula is C12H12ClNO2S2. The van der Waals surface area contributed by atoms with E-state index in [-0.39, 0.29) is 5.75 Å². The molecule has 6 heteroatoms. The van der Waals surface area contributed by atoms with Crippen LogP contribution in [-0.4, -0.2) is 8.42 Å². The van der Waals surface area contributed by atoms with Crippen LogP contribution in [-0.2, 0) is 22.3 Å². The predicted octanol–water partition coefficient (Wildman–Crippen LogP) is 3.02. The molecule has 0 unspecified atom stereocenters. The molecule has 3 nitrogen and oxygen atoms in total. The normalized spacial score (nSPS) is 11.6. The van der Waals surface area contributed by atoms with Gasteiger partial charge in [-0.3, -0.25) is 0 Å². The lowest BCUT2D eigenvalue weighted by molar-refractivity contribution is 0.581. The number of hydrogen-bond acceptors (Lipinski definition) is 3. The molecule has 0 aliphatic rings. The fourth-order valence-electron chi connectivity index (χ4n) is 1.47. The summed E-state index contributed by atoms with van der Waals surface area (Å²) in [6.45, 7) is 0.324. The largest absolute Gasteiger partial charge is 0.216 e. The first-order chi connectivity index (χ1) is 8.57. The summed E-state index contributed by atoms with van der Waals surface area (Å²) in [4.78, 5) is 0.984. The van der Waals surface area contributed by atoms with Gasteiger partial charge in [-0.25, -0.2) is 13.1 Å². The minimum absolute atomic E-state index is 0.0992.